The molecule has 14 N–H and O–H groups in total. The summed E-state index contributed by atoms with van der Waals surface area (Å²) in [4.78, 5) is 39.3. The Morgan fingerprint density at radius 1 is 0.772 bits per heavy atom. The predicted octanol–water partition coefficient (Wildman–Crippen LogP) is 2.76. The maximum Gasteiger partial charge on any atom is 0.480 e. The molecule has 4 unspecified atom stereocenters. The van der Waals surface area contributed by atoms with E-state index in [2.05, 4.69) is 5.32 Å². The number of carbonyl (C=O) groups is 4. The van der Waals surface area contributed by atoms with Crippen molar-refractivity contribution < 1.29 is 65.0 Å². The topological polar surface area (TPSA) is 314 Å². The van der Waals surface area contributed by atoms with Crippen LogP contribution in [-0.4, -0.2) is 120 Å². The number of carbonyl (C=O) groups excluding carboxylic acids is 1. The number of benzene rings is 2. The number of alkyl halides is 2. The second kappa shape index (κ2) is 41.9. The highest BCUT2D eigenvalue weighted by atomic mass is 35.5. The van der Waals surface area contributed by atoms with Crippen molar-refractivity contribution in [2.24, 2.45) is 11.5 Å². The van der Waals surface area contributed by atoms with Gasteiger partial charge in [-0.05, 0) is 30.4 Å². The van der Waals surface area contributed by atoms with Crippen molar-refractivity contribution in [1.82, 2.24) is 5.32 Å². The van der Waals surface area contributed by atoms with E-state index in [1.54, 1.807) is 12.2 Å². The molecular weight excluding hydrogens is 788 g/mol. The summed E-state index contributed by atoms with van der Waals surface area (Å²) in [6.07, 6.45) is 7.44. The van der Waals surface area contributed by atoms with Gasteiger partial charge in [-0.3, -0.25) is 19.7 Å². The first-order chi connectivity index (χ1) is 27.0. The number of carboxylic acids is 3. The van der Waals surface area contributed by atoms with Gasteiger partial charge in [-0.1, -0.05) is 125 Å². The van der Waals surface area contributed by atoms with E-state index in [0.717, 1.165) is 36.8 Å². The predicted molar refractivity (Wildman–Crippen MR) is 222 cm³/mol. The molecule has 0 saturated heterocycles. The zero-order valence-electron chi connectivity index (χ0n) is 32.6. The monoisotopic (exact) mass is 849 g/mol. The van der Waals surface area contributed by atoms with Gasteiger partial charge in [0, 0.05) is 0 Å². The van der Waals surface area contributed by atoms with E-state index < -0.39 is 49.3 Å². The van der Waals surface area contributed by atoms with E-state index in [9.17, 15) is 14.7 Å². The molecule has 324 valence electrons. The molecule has 57 heavy (non-hydrogen) atoms. The van der Waals surface area contributed by atoms with Crippen LogP contribution in [0.5, 0.6) is 0 Å². The molecule has 0 aliphatic carbocycles. The first-order valence-corrected chi connectivity index (χ1v) is 19.0. The van der Waals surface area contributed by atoms with E-state index in [4.69, 9.17) is 84.9 Å². The van der Waals surface area contributed by atoms with Crippen LogP contribution in [0.1, 0.15) is 82.5 Å². The highest BCUT2D eigenvalue weighted by molar-refractivity contribution is 6.47. The summed E-state index contributed by atoms with van der Waals surface area (Å²) >= 11 is 9.53. The molecule has 0 bridgehead atoms. The van der Waals surface area contributed by atoms with Crippen molar-refractivity contribution in [3.63, 3.8) is 0 Å². The first kappa shape index (κ1) is 60.0. The SMILES string of the molecule is CCC/C=C/B(O)O.CCC/C=C/C(NC(CO)c1ccccc1)C(=O)O.CCC[C@H](O)[C@@H](O)C(N)C(=O)O.ClCCl.NC(CO)c1ccccc1.O=CC(=O)O. The third-order valence-corrected chi connectivity index (χ3v) is 6.74. The Kier molecular flexibility index (Phi) is 44.1. The Hall–Kier alpha value is -3.72. The number of nitrogens with two attached hydrogens (primary N) is 2. The fraction of sp³-hybridized carbons (Fsp3) is 0.474. The average molecular weight is 851 g/mol. The average Bonchev–Trinajstić information content (AvgIpc) is 3.20. The van der Waals surface area contributed by atoms with E-state index in [1.807, 2.05) is 87.5 Å². The van der Waals surface area contributed by atoms with Crippen LogP contribution >= 0.6 is 23.2 Å². The third kappa shape index (κ3) is 37.6. The second-order valence-corrected chi connectivity index (χ2v) is 12.3. The summed E-state index contributed by atoms with van der Waals surface area (Å²) in [6, 6.07) is 16.1. The molecule has 2 aromatic rings. The number of carboxylic acid groups (broad SMARTS) is 3. The molecule has 0 aliphatic heterocycles. The normalized spacial score (nSPS) is 13.3. The molecule has 0 fully saturated rings. The van der Waals surface area contributed by atoms with Crippen LogP contribution < -0.4 is 16.8 Å². The fourth-order valence-electron chi connectivity index (χ4n) is 3.81. The smallest absolute Gasteiger partial charge is 0.480 e. The quantitative estimate of drug-likeness (QED) is 0.0318. The lowest BCUT2D eigenvalue weighted by Crippen LogP contribution is -2.48. The minimum absolute atomic E-state index is 0.00398. The zero-order chi connectivity index (χ0) is 44.6. The maximum absolute atomic E-state index is 11.2. The Balaban J connectivity index is -0.000000322. The number of aliphatic carboxylic acids is 3. The Morgan fingerprint density at radius 3 is 1.58 bits per heavy atom. The lowest BCUT2D eigenvalue weighted by molar-refractivity contribution is -0.144. The van der Waals surface area contributed by atoms with Crippen molar-refractivity contribution in [3.05, 3.63) is 96.0 Å². The van der Waals surface area contributed by atoms with E-state index in [1.165, 1.54) is 5.98 Å². The van der Waals surface area contributed by atoms with Gasteiger partial charge in [0.1, 0.15) is 18.2 Å². The molecule has 2 aromatic carbocycles. The highest BCUT2D eigenvalue weighted by Crippen LogP contribution is 2.13. The number of rotatable bonds is 19. The van der Waals surface area contributed by atoms with E-state index in [-0.39, 0.29) is 36.9 Å². The van der Waals surface area contributed by atoms with Crippen molar-refractivity contribution >= 4 is 54.5 Å². The number of aldehydes is 1. The van der Waals surface area contributed by atoms with Crippen LogP contribution in [0.25, 0.3) is 0 Å². The molecule has 0 radical (unpaired) electrons. The standard InChI is InChI=1S/C15H21NO3.C8H11NO.C7H15NO4.C5H11BO2.C2H2O3.CH2Cl2/c1-2-3-5-10-13(15(18)19)16-14(11-17)12-8-6-4-7-9-12;9-8(6-10)7-4-2-1-3-5-7;1-2-3-4(9)6(10)5(8)7(11)12;1-2-3-4-5-6(7)8;3-1-2(4)5;2-1-3/h4-10,13-14,16-17H,2-3,11H2,1H3,(H,18,19);1-5,8,10H,6,9H2;4-6,9-10H,2-3,8H2,1H3,(H,11,12);4-5,7-8H,2-3H2,1H3;1H,(H,4,5);1H2/b10-5+;;;5-4+;;/t;;4-,5?,6+;;;/m..0.../s1. The van der Waals surface area contributed by atoms with Gasteiger partial charge < -0.3 is 57.3 Å². The summed E-state index contributed by atoms with van der Waals surface area (Å²) in [6.45, 7) is 5.75. The van der Waals surface area contributed by atoms with Gasteiger partial charge >= 0.3 is 25.0 Å². The van der Waals surface area contributed by atoms with Gasteiger partial charge in [-0.15, -0.1) is 23.2 Å². The molecule has 0 amide bonds. The first-order valence-electron chi connectivity index (χ1n) is 17.9. The van der Waals surface area contributed by atoms with E-state index in [0.29, 0.717) is 12.8 Å². The third-order valence-electron chi connectivity index (χ3n) is 6.74. The van der Waals surface area contributed by atoms with Gasteiger partial charge in [0.25, 0.3) is 0 Å². The van der Waals surface area contributed by atoms with E-state index >= 15 is 0 Å². The van der Waals surface area contributed by atoms with Crippen LogP contribution in [0.3, 0.4) is 0 Å². The molecule has 19 heteroatoms. The molecule has 0 aliphatic rings. The summed E-state index contributed by atoms with van der Waals surface area (Å²) in [7, 11) is -1.28. The van der Waals surface area contributed by atoms with Crippen molar-refractivity contribution in [2.75, 3.05) is 18.6 Å². The van der Waals surface area contributed by atoms with Crippen LogP contribution in [0.15, 0.2) is 84.9 Å². The van der Waals surface area contributed by atoms with Gasteiger partial charge in [0.05, 0.1) is 36.7 Å². The van der Waals surface area contributed by atoms with Crippen molar-refractivity contribution in [2.45, 2.75) is 95.7 Å². The summed E-state index contributed by atoms with van der Waals surface area (Å²) in [5, 5.41) is 80.9. The van der Waals surface area contributed by atoms with Gasteiger partial charge in [0.2, 0.25) is 6.29 Å². The summed E-state index contributed by atoms with van der Waals surface area (Å²) in [5.74, 6) is -2.31. The maximum atomic E-state index is 11.2. The van der Waals surface area contributed by atoms with Crippen molar-refractivity contribution in [1.29, 1.82) is 0 Å². The second-order valence-electron chi connectivity index (χ2n) is 11.4. The largest absolute Gasteiger partial charge is 0.480 e. The Labute approximate surface area is 345 Å². The number of aliphatic hydroxyl groups excluding tert-OH is 4. The number of aliphatic hydroxyl groups is 4. The van der Waals surface area contributed by atoms with Crippen LogP contribution in [0.2, 0.25) is 0 Å². The van der Waals surface area contributed by atoms with Gasteiger partial charge in [0.15, 0.2) is 0 Å². The highest BCUT2D eigenvalue weighted by Gasteiger charge is 2.27. The van der Waals surface area contributed by atoms with Crippen LogP contribution in [-0.2, 0) is 19.2 Å². The number of hydrogen-bond donors (Lipinski definition) is 12. The number of nitrogens with one attached hydrogen (secondary N) is 1. The molecule has 6 atom stereocenters. The summed E-state index contributed by atoms with van der Waals surface area (Å²) in [5.41, 5.74) is 12.5. The van der Waals surface area contributed by atoms with Gasteiger partial charge in [-0.2, -0.15) is 0 Å². The van der Waals surface area contributed by atoms with Crippen LogP contribution in [0.4, 0.5) is 0 Å². The molecule has 0 heterocycles. The van der Waals surface area contributed by atoms with Crippen LogP contribution in [0, 0.1) is 0 Å². The molecule has 2 rings (SSSR count). The minimum atomic E-state index is -1.43. The molecule has 0 aromatic heterocycles. The number of hydrogen-bond acceptors (Lipinski definition) is 13. The minimum Gasteiger partial charge on any atom is -0.480 e. The van der Waals surface area contributed by atoms with Gasteiger partial charge in [-0.25, -0.2) is 4.79 Å². The number of halogens is 2. The number of allylic oxidation sites excluding steroid dienone is 2. The number of unbranched alkanes of at least 4 members (excludes halogenated alkanes) is 2. The molecule has 0 spiro atoms. The summed E-state index contributed by atoms with van der Waals surface area (Å²) < 4.78 is 0. The molecule has 16 nitrogen and oxygen atoms in total. The lowest BCUT2D eigenvalue weighted by atomic mass is 9.91. The molecular formula is C38H62BCl2N3O13. The lowest BCUT2D eigenvalue weighted by Gasteiger charge is -2.20. The molecule has 0 saturated carbocycles. The Morgan fingerprint density at radius 2 is 1.23 bits per heavy atom. The fourth-order valence-corrected chi connectivity index (χ4v) is 3.81. The zero-order valence-corrected chi connectivity index (χ0v) is 34.1. The Bertz CT molecular complexity index is 1320. The van der Waals surface area contributed by atoms with Crippen molar-refractivity contribution in [3.8, 4) is 0 Å².